The normalized spacial score (nSPS) is 16.4. The van der Waals surface area contributed by atoms with Crippen molar-refractivity contribution in [2.45, 2.75) is 14.8 Å². The van der Waals surface area contributed by atoms with E-state index in [1.54, 1.807) is 0 Å². The molecule has 1 saturated heterocycles. The van der Waals surface area contributed by atoms with Gasteiger partial charge < -0.3 is 10.5 Å². The third-order valence-corrected chi connectivity index (χ3v) is 0.618. The van der Waals surface area contributed by atoms with Gasteiger partial charge in [-0.15, -0.1) is 0 Å². The topological polar surface area (TPSA) is 24.1 Å². The summed E-state index contributed by atoms with van der Waals surface area (Å²) in [6.45, 7) is 2.17. The van der Waals surface area contributed by atoms with Crippen LogP contribution in [0.5, 0.6) is 0 Å². The molecule has 1 heterocycles. The van der Waals surface area contributed by atoms with Gasteiger partial charge in [0.15, 0.2) is 0 Å². The first-order valence-electron chi connectivity index (χ1n) is 3.28. The Labute approximate surface area is 65.8 Å². The standard InChI is InChI=1S/C2H6BN2.3CH3.Sn/c1-2-5-3-4-1;;;;/h4-5H,1-2H2;3*1H3;. The van der Waals surface area contributed by atoms with E-state index in [2.05, 4.69) is 25.3 Å². The molecule has 2 nitrogen and oxygen atoms in total. The van der Waals surface area contributed by atoms with Crippen LogP contribution in [0.4, 0.5) is 0 Å². The molecule has 2 radical (unpaired) electrons. The van der Waals surface area contributed by atoms with Gasteiger partial charge >= 0.3 is 42.1 Å². The third kappa shape index (κ3) is 12.1. The van der Waals surface area contributed by atoms with Crippen LogP contribution >= 0.6 is 0 Å². The molecule has 0 aromatic heterocycles. The first-order chi connectivity index (χ1) is 4.23. The van der Waals surface area contributed by atoms with Gasteiger partial charge in [-0.05, 0) is 13.1 Å². The summed E-state index contributed by atoms with van der Waals surface area (Å²) in [6.07, 6.45) is 0. The maximum atomic E-state index is 2.99. The molecule has 9 heavy (non-hydrogen) atoms. The zero-order chi connectivity index (χ0) is 7.11. The van der Waals surface area contributed by atoms with Crippen molar-refractivity contribution in [3.05, 3.63) is 0 Å². The molecule has 0 spiro atoms. The van der Waals surface area contributed by atoms with Crippen molar-refractivity contribution in [1.82, 2.24) is 10.5 Å². The zero-order valence-electron chi connectivity index (χ0n) is 6.49. The summed E-state index contributed by atoms with van der Waals surface area (Å²) < 4.78 is 0. The van der Waals surface area contributed by atoms with Crippen LogP contribution in [0.3, 0.4) is 0 Å². The maximum absolute atomic E-state index is 2.99. The SMILES string of the molecule is [B]1NCCN1.[CH3][Sn]([CH3])[CH3]. The molecular formula is C5H15BN2Sn. The minimum absolute atomic E-state index is 0.543. The van der Waals surface area contributed by atoms with Gasteiger partial charge in [0, 0.05) is 0 Å². The van der Waals surface area contributed by atoms with Crippen LogP contribution in [0, 0.1) is 0 Å². The van der Waals surface area contributed by atoms with E-state index in [0.29, 0.717) is 0 Å². The Kier molecular flexibility index (Phi) is 7.50. The van der Waals surface area contributed by atoms with Gasteiger partial charge in [-0.3, -0.25) is 0 Å². The summed E-state index contributed by atoms with van der Waals surface area (Å²) in [5.74, 6) is 0. The second kappa shape index (κ2) is 6.90. The zero-order valence-corrected chi connectivity index (χ0v) is 9.35. The van der Waals surface area contributed by atoms with E-state index < -0.39 is 19.8 Å². The molecule has 0 aromatic rings. The van der Waals surface area contributed by atoms with Crippen molar-refractivity contribution < 1.29 is 0 Å². The van der Waals surface area contributed by atoms with Crippen LogP contribution in [0.15, 0.2) is 0 Å². The Morgan fingerprint density at radius 2 is 1.44 bits per heavy atom. The number of hydrogen-bond acceptors (Lipinski definition) is 2. The van der Waals surface area contributed by atoms with Crippen LogP contribution in [-0.2, 0) is 0 Å². The van der Waals surface area contributed by atoms with E-state index in [1.807, 2.05) is 7.55 Å². The fraction of sp³-hybridized carbons (Fsp3) is 1.00. The van der Waals surface area contributed by atoms with Gasteiger partial charge in [0.25, 0.3) is 0 Å². The molecule has 1 rings (SSSR count). The first kappa shape index (κ1) is 9.78. The first-order valence-corrected chi connectivity index (χ1v) is 11.8. The van der Waals surface area contributed by atoms with Gasteiger partial charge in [-0.1, -0.05) is 0 Å². The van der Waals surface area contributed by atoms with Crippen LogP contribution in [0.1, 0.15) is 0 Å². The van der Waals surface area contributed by atoms with Crippen LogP contribution in [0.25, 0.3) is 0 Å². The average molecular weight is 233 g/mol. The summed E-state index contributed by atoms with van der Waals surface area (Å²) in [5.41, 5.74) is 0. The van der Waals surface area contributed by atoms with Gasteiger partial charge in [-0.25, -0.2) is 0 Å². The molecule has 0 bridgehead atoms. The molecule has 1 aliphatic heterocycles. The van der Waals surface area contributed by atoms with E-state index in [1.165, 1.54) is 0 Å². The number of nitrogens with one attached hydrogen (secondary N) is 2. The quantitative estimate of drug-likeness (QED) is 0.579. The van der Waals surface area contributed by atoms with Crippen molar-refractivity contribution in [3.63, 3.8) is 0 Å². The number of rotatable bonds is 0. The second-order valence-electron chi connectivity index (χ2n) is 2.55. The summed E-state index contributed by atoms with van der Waals surface area (Å²) in [4.78, 5) is 7.09. The summed E-state index contributed by atoms with van der Waals surface area (Å²) >= 11 is -0.543. The summed E-state index contributed by atoms with van der Waals surface area (Å²) in [5, 5.41) is 5.97. The van der Waals surface area contributed by atoms with Crippen molar-refractivity contribution in [3.8, 4) is 0 Å². The molecule has 0 atom stereocenters. The van der Waals surface area contributed by atoms with Gasteiger partial charge in [0.2, 0.25) is 0 Å². The molecule has 0 aliphatic carbocycles. The van der Waals surface area contributed by atoms with E-state index in [9.17, 15) is 0 Å². The predicted octanol–water partition coefficient (Wildman–Crippen LogP) is 0.0840. The molecular weight excluding hydrogens is 218 g/mol. The Morgan fingerprint density at radius 3 is 1.56 bits per heavy atom. The Bertz CT molecular complexity index is 46.6. The fourth-order valence-electron chi connectivity index (χ4n) is 0.361. The molecule has 4 heteroatoms. The van der Waals surface area contributed by atoms with E-state index in [-0.39, 0.29) is 0 Å². The molecule has 1 fully saturated rings. The van der Waals surface area contributed by atoms with Gasteiger partial charge in [0.1, 0.15) is 0 Å². The second-order valence-corrected chi connectivity index (χ2v) is 11.1. The molecule has 0 saturated carbocycles. The molecule has 1 aliphatic rings. The minimum atomic E-state index is -0.543. The van der Waals surface area contributed by atoms with Crippen molar-refractivity contribution in [1.29, 1.82) is 0 Å². The molecule has 52 valence electrons. The van der Waals surface area contributed by atoms with Gasteiger partial charge in [-0.2, -0.15) is 0 Å². The van der Waals surface area contributed by atoms with E-state index in [0.717, 1.165) is 13.1 Å². The molecule has 0 amide bonds. The Morgan fingerprint density at radius 1 is 1.11 bits per heavy atom. The molecule has 2 N–H and O–H groups in total. The van der Waals surface area contributed by atoms with Gasteiger partial charge in [0.05, 0.1) is 0 Å². The summed E-state index contributed by atoms with van der Waals surface area (Å²) in [7, 11) is 1.86. The van der Waals surface area contributed by atoms with Crippen LogP contribution in [0.2, 0.25) is 14.8 Å². The molecule has 0 unspecified atom stereocenters. The Balaban J connectivity index is 0.000000148. The predicted molar refractivity (Wildman–Crippen MR) is 45.1 cm³/mol. The van der Waals surface area contributed by atoms with E-state index >= 15 is 0 Å². The third-order valence-electron chi connectivity index (χ3n) is 0.618. The van der Waals surface area contributed by atoms with Crippen molar-refractivity contribution >= 4 is 27.3 Å². The summed E-state index contributed by atoms with van der Waals surface area (Å²) in [6, 6.07) is 0. The monoisotopic (exact) mass is 234 g/mol. The van der Waals surface area contributed by atoms with Crippen molar-refractivity contribution in [2.24, 2.45) is 0 Å². The van der Waals surface area contributed by atoms with Crippen LogP contribution < -0.4 is 10.5 Å². The fourth-order valence-corrected chi connectivity index (χ4v) is 0.361. The van der Waals surface area contributed by atoms with Crippen LogP contribution in [-0.4, -0.2) is 40.4 Å². The number of hydrogen-bond donors (Lipinski definition) is 2. The average Bonchev–Trinajstić information content (AvgIpc) is 2.11. The Hall–Kier alpha value is 0.784. The van der Waals surface area contributed by atoms with Crippen molar-refractivity contribution in [2.75, 3.05) is 13.1 Å². The molecule has 0 aromatic carbocycles. The van der Waals surface area contributed by atoms with E-state index in [4.69, 9.17) is 0 Å².